The van der Waals surface area contributed by atoms with Crippen molar-refractivity contribution in [2.75, 3.05) is 0 Å². The Morgan fingerprint density at radius 2 is 1.54 bits per heavy atom. The van der Waals surface area contributed by atoms with Crippen LogP contribution in [0.2, 0.25) is 0 Å². The second-order valence-corrected chi connectivity index (χ2v) is 10.2. The van der Waals surface area contributed by atoms with Crippen molar-refractivity contribution in [3.8, 4) is 11.1 Å². The summed E-state index contributed by atoms with van der Waals surface area (Å²) in [6.07, 6.45) is 6.98. The fraction of sp³-hybridized carbons (Fsp3) is 0.128. The maximum atomic E-state index is 3.84. The smallest absolute Gasteiger partial charge is 0.00237 e. The number of rotatable bonds is 5. The second kappa shape index (κ2) is 10.8. The number of benzene rings is 6. The molecule has 0 aliphatic rings. The number of hydrogen-bond donors (Lipinski definition) is 0. The van der Waals surface area contributed by atoms with Crippen molar-refractivity contribution >= 4 is 44.0 Å². The Bertz CT molecular complexity index is 1930. The van der Waals surface area contributed by atoms with Gasteiger partial charge in [-0.15, -0.1) is 0 Å². The molecule has 0 spiro atoms. The molecule has 0 fully saturated rings. The molecule has 0 unspecified atom stereocenters. The average molecular weight is 505 g/mol. The maximum Gasteiger partial charge on any atom is -0.00237 e. The van der Waals surface area contributed by atoms with E-state index < -0.39 is 0 Å². The van der Waals surface area contributed by atoms with Gasteiger partial charge in [0.15, 0.2) is 0 Å². The van der Waals surface area contributed by atoms with Crippen LogP contribution in [0.1, 0.15) is 43.5 Å². The average Bonchev–Trinajstić information content (AvgIpc) is 2.96. The molecule has 0 aliphatic heterocycles. The SMILES string of the molecule is C.C=C/C=C\c1cc(/C(C)=c2\ccc3ccc(-c4ccc5ccccc5c4)c4ccc(CC)c2c34)ccc1C. The van der Waals surface area contributed by atoms with Gasteiger partial charge in [0.1, 0.15) is 0 Å². The van der Waals surface area contributed by atoms with Crippen LogP contribution in [0.3, 0.4) is 0 Å². The zero-order valence-electron chi connectivity index (χ0n) is 22.4. The van der Waals surface area contributed by atoms with Crippen molar-refractivity contribution in [1.82, 2.24) is 0 Å². The fourth-order valence-electron chi connectivity index (χ4n) is 5.82. The number of fused-ring (bicyclic) bond motifs is 1. The minimum absolute atomic E-state index is 0. The molecule has 0 N–H and O–H groups in total. The van der Waals surface area contributed by atoms with E-state index in [0.29, 0.717) is 0 Å². The summed E-state index contributed by atoms with van der Waals surface area (Å²) < 4.78 is 0. The van der Waals surface area contributed by atoms with Gasteiger partial charge in [-0.3, -0.25) is 0 Å². The molecule has 6 aromatic carbocycles. The first-order valence-corrected chi connectivity index (χ1v) is 13.5. The Morgan fingerprint density at radius 1 is 0.769 bits per heavy atom. The molecule has 0 amide bonds. The third kappa shape index (κ3) is 4.57. The van der Waals surface area contributed by atoms with Gasteiger partial charge in [0, 0.05) is 0 Å². The predicted octanol–water partition coefficient (Wildman–Crippen LogP) is 10.5. The molecule has 0 heteroatoms. The zero-order valence-corrected chi connectivity index (χ0v) is 22.4. The lowest BCUT2D eigenvalue weighted by Gasteiger charge is -2.16. The quantitative estimate of drug-likeness (QED) is 0.205. The summed E-state index contributed by atoms with van der Waals surface area (Å²) in [6, 6.07) is 36.1. The van der Waals surface area contributed by atoms with E-state index in [4.69, 9.17) is 0 Å². The summed E-state index contributed by atoms with van der Waals surface area (Å²) in [5, 5.41) is 9.23. The van der Waals surface area contributed by atoms with Crippen LogP contribution in [0, 0.1) is 6.92 Å². The topological polar surface area (TPSA) is 0 Å². The molecular formula is C39H36. The Hall–Kier alpha value is -4.42. The van der Waals surface area contributed by atoms with E-state index >= 15 is 0 Å². The molecule has 0 saturated heterocycles. The van der Waals surface area contributed by atoms with Gasteiger partial charge >= 0.3 is 0 Å². The van der Waals surface area contributed by atoms with Crippen LogP contribution in [0.5, 0.6) is 0 Å². The molecule has 6 rings (SSSR count). The van der Waals surface area contributed by atoms with E-state index in [9.17, 15) is 0 Å². The predicted molar refractivity (Wildman–Crippen MR) is 174 cm³/mol. The molecule has 0 bridgehead atoms. The fourth-order valence-corrected chi connectivity index (χ4v) is 5.82. The third-order valence-electron chi connectivity index (χ3n) is 7.97. The first-order chi connectivity index (χ1) is 18.6. The molecule has 0 heterocycles. The Kier molecular flexibility index (Phi) is 7.22. The summed E-state index contributed by atoms with van der Waals surface area (Å²) in [7, 11) is 0. The first-order valence-electron chi connectivity index (χ1n) is 13.5. The van der Waals surface area contributed by atoms with Crippen molar-refractivity contribution in [3.05, 3.63) is 143 Å². The molecule has 0 aliphatic carbocycles. The van der Waals surface area contributed by atoms with Crippen molar-refractivity contribution in [3.63, 3.8) is 0 Å². The molecule has 0 atom stereocenters. The molecule has 0 radical (unpaired) electrons. The third-order valence-corrected chi connectivity index (χ3v) is 7.97. The van der Waals surface area contributed by atoms with Crippen LogP contribution in [-0.4, -0.2) is 0 Å². The molecule has 6 aromatic rings. The largest absolute Gasteiger partial charge is 0.0991 e. The minimum Gasteiger partial charge on any atom is -0.0991 e. The lowest BCUT2D eigenvalue weighted by molar-refractivity contribution is 1.16. The van der Waals surface area contributed by atoms with Crippen molar-refractivity contribution in [2.24, 2.45) is 0 Å². The normalized spacial score (nSPS) is 12.3. The summed E-state index contributed by atoms with van der Waals surface area (Å²) in [4.78, 5) is 0. The van der Waals surface area contributed by atoms with Crippen molar-refractivity contribution < 1.29 is 0 Å². The number of aryl methyl sites for hydroxylation is 2. The molecule has 0 saturated carbocycles. The lowest BCUT2D eigenvalue weighted by Crippen LogP contribution is -2.10. The number of hydrogen-bond acceptors (Lipinski definition) is 0. The van der Waals surface area contributed by atoms with Gasteiger partial charge in [0.25, 0.3) is 0 Å². The van der Waals surface area contributed by atoms with E-state index in [1.165, 1.54) is 76.5 Å². The van der Waals surface area contributed by atoms with Crippen LogP contribution in [0.4, 0.5) is 0 Å². The van der Waals surface area contributed by atoms with Gasteiger partial charge in [0.2, 0.25) is 0 Å². The highest BCUT2D eigenvalue weighted by Gasteiger charge is 2.14. The van der Waals surface area contributed by atoms with E-state index in [1.807, 2.05) is 12.2 Å². The van der Waals surface area contributed by atoms with Gasteiger partial charge in [-0.1, -0.05) is 124 Å². The highest BCUT2D eigenvalue weighted by Crippen LogP contribution is 2.36. The minimum atomic E-state index is 0. The van der Waals surface area contributed by atoms with Crippen LogP contribution < -0.4 is 5.22 Å². The van der Waals surface area contributed by atoms with Crippen molar-refractivity contribution in [1.29, 1.82) is 0 Å². The van der Waals surface area contributed by atoms with Crippen LogP contribution in [-0.2, 0) is 6.42 Å². The van der Waals surface area contributed by atoms with Crippen LogP contribution >= 0.6 is 0 Å². The van der Waals surface area contributed by atoms with E-state index in [-0.39, 0.29) is 7.43 Å². The number of allylic oxidation sites excluding steroid dienone is 2. The summed E-state index contributed by atoms with van der Waals surface area (Å²) in [6.45, 7) is 10.5. The van der Waals surface area contributed by atoms with Crippen LogP contribution in [0.25, 0.3) is 55.1 Å². The molecule has 0 aromatic heterocycles. The maximum absolute atomic E-state index is 3.84. The molecular weight excluding hydrogens is 468 g/mol. The van der Waals surface area contributed by atoms with Gasteiger partial charge < -0.3 is 0 Å². The zero-order chi connectivity index (χ0) is 26.2. The van der Waals surface area contributed by atoms with Gasteiger partial charge in [-0.05, 0) is 109 Å². The Balaban J connectivity index is 0.00000308. The van der Waals surface area contributed by atoms with Gasteiger partial charge in [0.05, 0.1) is 0 Å². The molecule has 192 valence electrons. The second-order valence-electron chi connectivity index (χ2n) is 10.2. The van der Waals surface area contributed by atoms with E-state index in [1.54, 1.807) is 0 Å². The highest BCUT2D eigenvalue weighted by atomic mass is 14.2. The Morgan fingerprint density at radius 3 is 2.33 bits per heavy atom. The van der Waals surface area contributed by atoms with E-state index in [2.05, 4.69) is 130 Å². The lowest BCUT2D eigenvalue weighted by atomic mass is 9.87. The van der Waals surface area contributed by atoms with Gasteiger partial charge in [-0.2, -0.15) is 0 Å². The first kappa shape index (κ1) is 26.2. The summed E-state index contributed by atoms with van der Waals surface area (Å²) >= 11 is 0. The Labute approximate surface area is 232 Å². The molecule has 39 heavy (non-hydrogen) atoms. The van der Waals surface area contributed by atoms with Crippen molar-refractivity contribution in [2.45, 2.75) is 34.6 Å². The molecule has 0 nitrogen and oxygen atoms in total. The van der Waals surface area contributed by atoms with E-state index in [0.717, 1.165) is 6.42 Å². The highest BCUT2D eigenvalue weighted by molar-refractivity contribution is 6.16. The van der Waals surface area contributed by atoms with Crippen LogP contribution in [0.15, 0.2) is 116 Å². The summed E-state index contributed by atoms with van der Waals surface area (Å²) in [5.74, 6) is 0. The van der Waals surface area contributed by atoms with Gasteiger partial charge in [-0.25, -0.2) is 0 Å². The standard InChI is InChI=1S/C38H32.CH4/c1-5-7-10-30-23-31(14-13-25(30)3)26(4)34-20-18-29-19-21-35(36-22-17-27(6-2)37(34)38(29)36)33-16-15-28-11-8-9-12-32(28)24-33;/h5,7-24H,1,6H2,2-4H3;1H4/b10-7-,34-26+;. The monoisotopic (exact) mass is 504 g/mol. The summed E-state index contributed by atoms with van der Waals surface area (Å²) in [5.41, 5.74) is 9.01.